The Morgan fingerprint density at radius 2 is 1.78 bits per heavy atom. The van der Waals surface area contributed by atoms with Crippen LogP contribution in [0.15, 0.2) is 0 Å². The molecule has 2 unspecified atom stereocenters. The molecule has 3 aliphatic rings. The average molecular weight is 291 g/mol. The van der Waals surface area contributed by atoms with Gasteiger partial charge < -0.3 is 5.32 Å². The van der Waals surface area contributed by atoms with Gasteiger partial charge in [-0.25, -0.2) is 4.98 Å². The van der Waals surface area contributed by atoms with E-state index in [0.29, 0.717) is 11.8 Å². The number of nitrogens with zero attached hydrogens (tertiary/aromatic N) is 2. The number of halogens is 2. The Morgan fingerprint density at radius 3 is 2.44 bits per heavy atom. The van der Waals surface area contributed by atoms with Crippen molar-refractivity contribution in [3.05, 3.63) is 11.6 Å². The molecule has 0 spiro atoms. The van der Waals surface area contributed by atoms with E-state index < -0.39 is 0 Å². The van der Waals surface area contributed by atoms with Crippen LogP contribution in [-0.4, -0.2) is 28.3 Å². The standard InChI is InChI=1S/C12H18N4.2ClH/c1-2-7(1)9-5-13-6-10(9)12-14-11(15-16-12)8-3-4-8;;/h7-10,13H,1-6H2,(H,14,15,16);2*1H. The van der Waals surface area contributed by atoms with Crippen LogP contribution in [0.1, 0.15) is 49.2 Å². The minimum absolute atomic E-state index is 0. The van der Waals surface area contributed by atoms with Crippen molar-refractivity contribution < 1.29 is 0 Å². The van der Waals surface area contributed by atoms with Crippen LogP contribution in [0.25, 0.3) is 0 Å². The normalized spacial score (nSPS) is 30.7. The molecule has 3 fully saturated rings. The topological polar surface area (TPSA) is 53.6 Å². The third-order valence-electron chi connectivity index (χ3n) is 4.30. The summed E-state index contributed by atoms with van der Waals surface area (Å²) in [6, 6.07) is 0. The summed E-state index contributed by atoms with van der Waals surface area (Å²) in [5.74, 6) is 5.22. The molecule has 2 aliphatic carbocycles. The summed E-state index contributed by atoms with van der Waals surface area (Å²) in [5, 5.41) is 11.1. The van der Waals surface area contributed by atoms with Gasteiger partial charge in [-0.2, -0.15) is 5.10 Å². The van der Waals surface area contributed by atoms with Crippen LogP contribution in [0, 0.1) is 11.8 Å². The molecule has 1 aliphatic heterocycles. The molecule has 4 nitrogen and oxygen atoms in total. The fourth-order valence-corrected chi connectivity index (χ4v) is 3.00. The molecule has 0 aromatic carbocycles. The van der Waals surface area contributed by atoms with Crippen molar-refractivity contribution in [2.45, 2.75) is 37.5 Å². The molecule has 0 radical (unpaired) electrons. The summed E-state index contributed by atoms with van der Waals surface area (Å²) < 4.78 is 0. The largest absolute Gasteiger partial charge is 0.316 e. The molecule has 0 amide bonds. The monoisotopic (exact) mass is 290 g/mol. The van der Waals surface area contributed by atoms with Crippen molar-refractivity contribution >= 4 is 24.8 Å². The first-order valence-corrected chi connectivity index (χ1v) is 6.55. The molecule has 2 atom stereocenters. The van der Waals surface area contributed by atoms with Crippen molar-refractivity contribution in [3.8, 4) is 0 Å². The number of aromatic nitrogens is 3. The molecular formula is C12H20Cl2N4. The fraction of sp³-hybridized carbons (Fsp3) is 0.833. The van der Waals surface area contributed by atoms with E-state index in [1.807, 2.05) is 0 Å². The lowest BCUT2D eigenvalue weighted by atomic mass is 9.91. The highest BCUT2D eigenvalue weighted by Gasteiger charge is 2.41. The van der Waals surface area contributed by atoms with E-state index in [-0.39, 0.29) is 24.8 Å². The maximum absolute atomic E-state index is 4.71. The second-order valence-corrected chi connectivity index (χ2v) is 5.62. The first kappa shape index (κ1) is 14.1. The van der Waals surface area contributed by atoms with Gasteiger partial charge in [0.1, 0.15) is 5.82 Å². The molecule has 1 saturated heterocycles. The van der Waals surface area contributed by atoms with Gasteiger partial charge in [-0.3, -0.25) is 5.10 Å². The summed E-state index contributed by atoms with van der Waals surface area (Å²) in [4.78, 5) is 4.71. The van der Waals surface area contributed by atoms with Gasteiger partial charge >= 0.3 is 0 Å². The average Bonchev–Trinajstić information content (AvgIpc) is 3.22. The van der Waals surface area contributed by atoms with Crippen LogP contribution >= 0.6 is 24.8 Å². The van der Waals surface area contributed by atoms with E-state index in [2.05, 4.69) is 15.5 Å². The number of nitrogens with one attached hydrogen (secondary N) is 2. The smallest absolute Gasteiger partial charge is 0.153 e. The highest BCUT2D eigenvalue weighted by molar-refractivity contribution is 5.85. The van der Waals surface area contributed by atoms with Crippen molar-refractivity contribution in [3.63, 3.8) is 0 Å². The summed E-state index contributed by atoms with van der Waals surface area (Å²) in [6.07, 6.45) is 5.41. The molecule has 4 rings (SSSR count). The quantitative estimate of drug-likeness (QED) is 0.898. The van der Waals surface area contributed by atoms with Gasteiger partial charge in [0.25, 0.3) is 0 Å². The van der Waals surface area contributed by atoms with E-state index in [1.165, 1.54) is 32.2 Å². The second kappa shape index (κ2) is 5.35. The Bertz CT molecular complexity index is 401. The summed E-state index contributed by atoms with van der Waals surface area (Å²) in [7, 11) is 0. The number of H-pyrrole nitrogens is 1. The highest BCUT2D eigenvalue weighted by atomic mass is 35.5. The van der Waals surface area contributed by atoms with E-state index >= 15 is 0 Å². The number of aromatic amines is 1. The lowest BCUT2D eigenvalue weighted by Crippen LogP contribution is -2.14. The van der Waals surface area contributed by atoms with Gasteiger partial charge in [0, 0.05) is 18.4 Å². The molecule has 1 aromatic rings. The Morgan fingerprint density at radius 1 is 1.00 bits per heavy atom. The third-order valence-corrected chi connectivity index (χ3v) is 4.30. The van der Waals surface area contributed by atoms with Crippen LogP contribution in [0.5, 0.6) is 0 Å². The zero-order valence-corrected chi connectivity index (χ0v) is 11.9. The minimum atomic E-state index is 0. The van der Waals surface area contributed by atoms with Crippen LogP contribution < -0.4 is 5.32 Å². The molecule has 1 aromatic heterocycles. The van der Waals surface area contributed by atoms with Crippen molar-refractivity contribution in [2.75, 3.05) is 13.1 Å². The zero-order valence-electron chi connectivity index (χ0n) is 10.3. The predicted molar refractivity (Wildman–Crippen MR) is 74.7 cm³/mol. The van der Waals surface area contributed by atoms with Crippen LogP contribution in [0.3, 0.4) is 0 Å². The Balaban J connectivity index is 0.000000602. The van der Waals surface area contributed by atoms with E-state index in [9.17, 15) is 0 Å². The minimum Gasteiger partial charge on any atom is -0.316 e. The van der Waals surface area contributed by atoms with Gasteiger partial charge in [-0.15, -0.1) is 24.8 Å². The van der Waals surface area contributed by atoms with Crippen molar-refractivity contribution in [1.29, 1.82) is 0 Å². The van der Waals surface area contributed by atoms with Gasteiger partial charge in [0.05, 0.1) is 0 Å². The van der Waals surface area contributed by atoms with Crippen LogP contribution in [0.2, 0.25) is 0 Å². The van der Waals surface area contributed by atoms with Gasteiger partial charge in [0.2, 0.25) is 0 Å². The Kier molecular flexibility index (Phi) is 4.19. The molecule has 2 saturated carbocycles. The lowest BCUT2D eigenvalue weighted by Gasteiger charge is -2.14. The van der Waals surface area contributed by atoms with Gasteiger partial charge in [-0.05, 0) is 44.1 Å². The van der Waals surface area contributed by atoms with Crippen LogP contribution in [-0.2, 0) is 0 Å². The Hall–Kier alpha value is -0.320. The zero-order chi connectivity index (χ0) is 10.5. The van der Waals surface area contributed by atoms with Gasteiger partial charge in [0.15, 0.2) is 5.82 Å². The summed E-state index contributed by atoms with van der Waals surface area (Å²) in [6.45, 7) is 2.26. The molecular weight excluding hydrogens is 271 g/mol. The molecule has 0 bridgehead atoms. The van der Waals surface area contributed by atoms with Crippen molar-refractivity contribution in [2.24, 2.45) is 11.8 Å². The highest BCUT2D eigenvalue weighted by Crippen LogP contribution is 2.45. The maximum atomic E-state index is 4.71. The Labute approximate surface area is 120 Å². The van der Waals surface area contributed by atoms with Gasteiger partial charge in [-0.1, -0.05) is 0 Å². The number of rotatable bonds is 3. The summed E-state index contributed by atoms with van der Waals surface area (Å²) >= 11 is 0. The third kappa shape index (κ3) is 2.51. The second-order valence-electron chi connectivity index (χ2n) is 5.62. The summed E-state index contributed by atoms with van der Waals surface area (Å²) in [5.41, 5.74) is 0. The first-order valence-electron chi connectivity index (χ1n) is 6.55. The SMILES string of the molecule is C1CC1c1n[nH]c(C2CNCC2C2CC2)n1.Cl.Cl. The lowest BCUT2D eigenvalue weighted by molar-refractivity contribution is 0.443. The predicted octanol–water partition coefficient (Wildman–Crippen LogP) is 2.24. The molecule has 102 valence electrons. The van der Waals surface area contributed by atoms with E-state index in [1.54, 1.807) is 0 Å². The number of hydrogen-bond acceptors (Lipinski definition) is 3. The first-order chi connectivity index (χ1) is 7.92. The maximum Gasteiger partial charge on any atom is 0.153 e. The molecule has 2 N–H and O–H groups in total. The molecule has 18 heavy (non-hydrogen) atoms. The van der Waals surface area contributed by atoms with Crippen LogP contribution in [0.4, 0.5) is 0 Å². The number of hydrogen-bond donors (Lipinski definition) is 2. The molecule has 2 heterocycles. The fourth-order valence-electron chi connectivity index (χ4n) is 3.00. The van der Waals surface area contributed by atoms with Crippen molar-refractivity contribution in [1.82, 2.24) is 20.5 Å². The van der Waals surface area contributed by atoms with E-state index in [0.717, 1.165) is 30.0 Å². The van der Waals surface area contributed by atoms with E-state index in [4.69, 9.17) is 4.98 Å². The molecule has 6 heteroatoms.